The first kappa shape index (κ1) is 22.9. The first-order valence-electron chi connectivity index (χ1n) is 9.57. The highest BCUT2D eigenvalue weighted by Gasteiger charge is 2.15. The van der Waals surface area contributed by atoms with Crippen molar-refractivity contribution in [1.29, 1.82) is 0 Å². The molecule has 0 N–H and O–H groups in total. The molecule has 0 spiro atoms. The maximum absolute atomic E-state index is 13.8. The molecule has 0 saturated carbocycles. The lowest BCUT2D eigenvalue weighted by molar-refractivity contribution is 0.290. The van der Waals surface area contributed by atoms with Crippen molar-refractivity contribution in [2.75, 3.05) is 0 Å². The molecule has 0 radical (unpaired) electrons. The van der Waals surface area contributed by atoms with E-state index >= 15 is 0 Å². The van der Waals surface area contributed by atoms with Crippen molar-refractivity contribution in [3.05, 3.63) is 87.4 Å². The van der Waals surface area contributed by atoms with Gasteiger partial charge in [0.25, 0.3) is 5.56 Å². The average Bonchev–Trinajstić information content (AvgIpc) is 2.73. The van der Waals surface area contributed by atoms with Crippen molar-refractivity contribution >= 4 is 6.08 Å². The highest BCUT2D eigenvalue weighted by atomic mass is 19.1. The van der Waals surface area contributed by atoms with Gasteiger partial charge in [-0.2, -0.15) is 0 Å². The minimum absolute atomic E-state index is 0.0387. The molecular weight excluding hydrogens is 388 g/mol. The molecule has 3 aromatic rings. The molecule has 0 unspecified atom stereocenters. The van der Waals surface area contributed by atoms with E-state index in [-0.39, 0.29) is 17.9 Å². The molecule has 158 valence electrons. The zero-order chi connectivity index (χ0) is 22.4. The van der Waals surface area contributed by atoms with Gasteiger partial charge in [0.15, 0.2) is 5.82 Å². The minimum atomic E-state index is -0.799. The summed E-state index contributed by atoms with van der Waals surface area (Å²) in [6.07, 6.45) is 4.21. The SMILES string of the molecule is C=Cc1cc(-n2c(C)cc(OCc3ncc(F)cc3F)c(C)c2=O)c(C)cn1.CC. The number of ether oxygens (including phenoxy) is 1. The van der Waals surface area contributed by atoms with Crippen molar-refractivity contribution in [2.45, 2.75) is 41.2 Å². The van der Waals surface area contributed by atoms with Gasteiger partial charge in [-0.1, -0.05) is 20.4 Å². The van der Waals surface area contributed by atoms with Crippen LogP contribution in [-0.2, 0) is 6.61 Å². The Kier molecular flexibility index (Phi) is 7.58. The van der Waals surface area contributed by atoms with Gasteiger partial charge < -0.3 is 4.74 Å². The van der Waals surface area contributed by atoms with Crippen molar-refractivity contribution in [1.82, 2.24) is 14.5 Å². The van der Waals surface area contributed by atoms with Gasteiger partial charge in [-0.3, -0.25) is 19.3 Å². The van der Waals surface area contributed by atoms with Crippen LogP contribution >= 0.6 is 0 Å². The topological polar surface area (TPSA) is 57.0 Å². The van der Waals surface area contributed by atoms with E-state index in [9.17, 15) is 13.6 Å². The van der Waals surface area contributed by atoms with Gasteiger partial charge >= 0.3 is 0 Å². The molecule has 0 aromatic carbocycles. The van der Waals surface area contributed by atoms with Crippen molar-refractivity contribution < 1.29 is 13.5 Å². The standard InChI is InChI=1S/C21H19F2N3O2.C2H6/c1-5-16-8-19(12(2)9-24-16)26-13(3)6-20(14(4)21(26)27)28-11-18-17(23)7-15(22)10-25-18;1-2/h5-10H,1,11H2,2-4H3;1-2H3. The molecule has 5 nitrogen and oxygen atoms in total. The zero-order valence-electron chi connectivity index (χ0n) is 17.8. The van der Waals surface area contributed by atoms with E-state index in [2.05, 4.69) is 16.5 Å². The molecule has 0 atom stereocenters. The fraction of sp³-hybridized carbons (Fsp3) is 0.261. The number of pyridine rings is 3. The Labute approximate surface area is 174 Å². The van der Waals surface area contributed by atoms with Crippen LogP contribution in [0.3, 0.4) is 0 Å². The molecule has 7 heteroatoms. The first-order valence-corrected chi connectivity index (χ1v) is 9.57. The van der Waals surface area contributed by atoms with E-state index in [4.69, 9.17) is 4.74 Å². The Morgan fingerprint density at radius 1 is 1.10 bits per heavy atom. The number of aromatic nitrogens is 3. The monoisotopic (exact) mass is 413 g/mol. The van der Waals surface area contributed by atoms with E-state index < -0.39 is 11.6 Å². The molecule has 3 rings (SSSR count). The van der Waals surface area contributed by atoms with E-state index in [1.807, 2.05) is 20.8 Å². The Hall–Kier alpha value is -3.35. The molecule has 0 amide bonds. The van der Waals surface area contributed by atoms with Gasteiger partial charge in [0.1, 0.15) is 23.9 Å². The second-order valence-electron chi connectivity index (χ2n) is 6.39. The van der Waals surface area contributed by atoms with Crippen LogP contribution in [0.15, 0.2) is 42.0 Å². The quantitative estimate of drug-likeness (QED) is 0.585. The van der Waals surface area contributed by atoms with E-state index in [0.29, 0.717) is 28.4 Å². The molecule has 0 aliphatic rings. The summed E-state index contributed by atoms with van der Waals surface area (Å²) >= 11 is 0. The third-order valence-electron chi connectivity index (χ3n) is 4.38. The van der Waals surface area contributed by atoms with Crippen molar-refractivity contribution in [3.63, 3.8) is 0 Å². The predicted octanol–water partition coefficient (Wildman–Crippen LogP) is 5.08. The molecule has 0 bridgehead atoms. The lowest BCUT2D eigenvalue weighted by Gasteiger charge is -2.17. The minimum Gasteiger partial charge on any atom is -0.487 e. The first-order chi connectivity index (χ1) is 14.3. The van der Waals surface area contributed by atoms with Crippen LogP contribution in [0.2, 0.25) is 0 Å². The third-order valence-corrected chi connectivity index (χ3v) is 4.38. The highest BCUT2D eigenvalue weighted by Crippen LogP contribution is 2.22. The normalized spacial score (nSPS) is 10.2. The van der Waals surface area contributed by atoms with Gasteiger partial charge in [0.05, 0.1) is 23.1 Å². The summed E-state index contributed by atoms with van der Waals surface area (Å²) in [6, 6.07) is 4.23. The van der Waals surface area contributed by atoms with Crippen LogP contribution in [0, 0.1) is 32.4 Å². The fourth-order valence-corrected chi connectivity index (χ4v) is 2.82. The molecular formula is C23H25F2N3O2. The Bertz CT molecular complexity index is 1120. The second kappa shape index (κ2) is 9.91. The molecule has 0 aliphatic heterocycles. The maximum Gasteiger partial charge on any atom is 0.261 e. The number of aryl methyl sites for hydroxylation is 2. The van der Waals surface area contributed by atoms with Crippen LogP contribution in [0.4, 0.5) is 8.78 Å². The number of nitrogens with zero attached hydrogens (tertiary/aromatic N) is 3. The highest BCUT2D eigenvalue weighted by molar-refractivity contribution is 5.51. The Balaban J connectivity index is 0.00000155. The molecule has 3 heterocycles. The van der Waals surface area contributed by atoms with E-state index in [1.54, 1.807) is 42.8 Å². The van der Waals surface area contributed by atoms with Crippen LogP contribution in [0.5, 0.6) is 5.75 Å². The summed E-state index contributed by atoms with van der Waals surface area (Å²) in [5, 5.41) is 0. The van der Waals surface area contributed by atoms with Crippen molar-refractivity contribution in [3.8, 4) is 11.4 Å². The maximum atomic E-state index is 13.8. The van der Waals surface area contributed by atoms with Crippen LogP contribution < -0.4 is 10.3 Å². The van der Waals surface area contributed by atoms with Crippen LogP contribution in [0.25, 0.3) is 11.8 Å². The summed E-state index contributed by atoms with van der Waals surface area (Å²) in [4.78, 5) is 20.9. The zero-order valence-corrected chi connectivity index (χ0v) is 17.8. The van der Waals surface area contributed by atoms with Crippen LogP contribution in [-0.4, -0.2) is 14.5 Å². The molecule has 0 saturated heterocycles. The number of hydrogen-bond donors (Lipinski definition) is 0. The fourth-order valence-electron chi connectivity index (χ4n) is 2.82. The van der Waals surface area contributed by atoms with E-state index in [1.165, 1.54) is 0 Å². The van der Waals surface area contributed by atoms with Gasteiger partial charge in [-0.05, 0) is 38.5 Å². The number of halogens is 2. The lowest BCUT2D eigenvalue weighted by Crippen LogP contribution is -2.24. The lowest BCUT2D eigenvalue weighted by atomic mass is 10.1. The van der Waals surface area contributed by atoms with Crippen LogP contribution in [0.1, 0.15) is 42.1 Å². The molecule has 0 aliphatic carbocycles. The molecule has 30 heavy (non-hydrogen) atoms. The number of hydrogen-bond acceptors (Lipinski definition) is 4. The van der Waals surface area contributed by atoms with Gasteiger partial charge in [-0.25, -0.2) is 8.78 Å². The Morgan fingerprint density at radius 3 is 2.43 bits per heavy atom. The summed E-state index contributed by atoms with van der Waals surface area (Å²) in [6.45, 7) is 12.8. The predicted molar refractivity (Wildman–Crippen MR) is 114 cm³/mol. The summed E-state index contributed by atoms with van der Waals surface area (Å²) in [7, 11) is 0. The summed E-state index contributed by atoms with van der Waals surface area (Å²) in [5.74, 6) is -1.24. The Morgan fingerprint density at radius 2 is 1.80 bits per heavy atom. The summed E-state index contributed by atoms with van der Waals surface area (Å²) < 4.78 is 33.9. The van der Waals surface area contributed by atoms with E-state index in [0.717, 1.165) is 17.8 Å². The van der Waals surface area contributed by atoms with Gasteiger partial charge in [-0.15, -0.1) is 0 Å². The molecule has 3 aromatic heterocycles. The van der Waals surface area contributed by atoms with Crippen molar-refractivity contribution in [2.24, 2.45) is 0 Å². The summed E-state index contributed by atoms with van der Waals surface area (Å²) in [5.41, 5.74) is 2.90. The smallest absolute Gasteiger partial charge is 0.261 e. The second-order valence-corrected chi connectivity index (χ2v) is 6.39. The number of rotatable bonds is 5. The largest absolute Gasteiger partial charge is 0.487 e. The molecule has 0 fully saturated rings. The van der Waals surface area contributed by atoms with Gasteiger partial charge in [0.2, 0.25) is 0 Å². The van der Waals surface area contributed by atoms with Gasteiger partial charge in [0, 0.05) is 24.0 Å². The average molecular weight is 413 g/mol. The third kappa shape index (κ3) is 4.79.